The molecule has 0 aliphatic rings. The summed E-state index contributed by atoms with van der Waals surface area (Å²) in [5.74, 6) is 6.07. The quantitative estimate of drug-likeness (QED) is 0.151. The van der Waals surface area contributed by atoms with Crippen molar-refractivity contribution >= 4 is 21.7 Å². The van der Waals surface area contributed by atoms with E-state index in [1.54, 1.807) is 55.6 Å². The van der Waals surface area contributed by atoms with Gasteiger partial charge < -0.3 is 4.74 Å². The van der Waals surface area contributed by atoms with Crippen molar-refractivity contribution in [1.82, 2.24) is 0 Å². The van der Waals surface area contributed by atoms with E-state index in [0.29, 0.717) is 17.7 Å². The zero-order valence-corrected chi connectivity index (χ0v) is 22.1. The summed E-state index contributed by atoms with van der Waals surface area (Å²) in [5, 5.41) is 0. The van der Waals surface area contributed by atoms with Crippen LogP contribution in [0.1, 0.15) is 24.0 Å². The van der Waals surface area contributed by atoms with Gasteiger partial charge in [-0.3, -0.25) is 9.61 Å². The molecule has 4 aromatic carbocycles. The Hall–Kier alpha value is -4.58. The van der Waals surface area contributed by atoms with Crippen LogP contribution in [0.15, 0.2) is 108 Å². The maximum absolute atomic E-state index is 13.0. The molecule has 0 atom stereocenters. The summed E-state index contributed by atoms with van der Waals surface area (Å²) < 4.78 is 33.9. The molecule has 0 saturated heterocycles. The molecule has 1 N–H and O–H groups in total. The standard InChI is InChI=1S/C31H27NO6S/c1-36-28-19-15-25(16-20-28)26-17-21-29(22-18-26)39(34,35)32-30-13-7-6-12-27(30)23-37-38-31(33)14-8-5-11-24-9-3-2-4-10-24/h2-4,6-7,9-10,12-13,15-22,32H,8,14,23H2,1H3. The molecular formula is C31H27NO6S. The summed E-state index contributed by atoms with van der Waals surface area (Å²) in [5.41, 5.74) is 3.51. The number of sulfonamides is 1. The average Bonchev–Trinajstić information content (AvgIpc) is 2.97. The van der Waals surface area contributed by atoms with Crippen molar-refractivity contribution in [2.45, 2.75) is 24.3 Å². The number of hydrogen-bond donors (Lipinski definition) is 1. The molecule has 8 heteroatoms. The highest BCUT2D eigenvalue weighted by Crippen LogP contribution is 2.25. The van der Waals surface area contributed by atoms with Crippen molar-refractivity contribution < 1.29 is 27.7 Å². The van der Waals surface area contributed by atoms with Gasteiger partial charge in [-0.1, -0.05) is 72.5 Å². The molecule has 7 nitrogen and oxygen atoms in total. The van der Waals surface area contributed by atoms with Crippen molar-refractivity contribution in [3.8, 4) is 28.7 Å². The highest BCUT2D eigenvalue weighted by molar-refractivity contribution is 7.92. The van der Waals surface area contributed by atoms with E-state index in [9.17, 15) is 13.2 Å². The Kier molecular flexibility index (Phi) is 9.35. The van der Waals surface area contributed by atoms with E-state index in [0.717, 1.165) is 22.4 Å². The number of benzene rings is 4. The molecule has 0 aromatic heterocycles. The number of rotatable bonds is 10. The Bertz CT molecular complexity index is 1560. The van der Waals surface area contributed by atoms with Crippen LogP contribution in [-0.2, 0) is 31.2 Å². The predicted molar refractivity (Wildman–Crippen MR) is 149 cm³/mol. The maximum Gasteiger partial charge on any atom is 0.343 e. The first kappa shape index (κ1) is 27.5. The highest BCUT2D eigenvalue weighted by Gasteiger charge is 2.17. The van der Waals surface area contributed by atoms with Crippen molar-refractivity contribution in [3.63, 3.8) is 0 Å². The number of methoxy groups -OCH3 is 1. The molecule has 0 saturated carbocycles. The van der Waals surface area contributed by atoms with Crippen LogP contribution >= 0.6 is 0 Å². The molecule has 198 valence electrons. The van der Waals surface area contributed by atoms with Crippen molar-refractivity contribution in [2.24, 2.45) is 0 Å². The second-order valence-electron chi connectivity index (χ2n) is 8.40. The first-order valence-corrected chi connectivity index (χ1v) is 13.6. The van der Waals surface area contributed by atoms with E-state index in [-0.39, 0.29) is 17.9 Å². The van der Waals surface area contributed by atoms with Crippen LogP contribution < -0.4 is 9.46 Å². The van der Waals surface area contributed by atoms with E-state index in [2.05, 4.69) is 16.6 Å². The lowest BCUT2D eigenvalue weighted by Crippen LogP contribution is -2.14. The van der Waals surface area contributed by atoms with Crippen molar-refractivity contribution in [1.29, 1.82) is 0 Å². The monoisotopic (exact) mass is 541 g/mol. The number of para-hydroxylation sites is 1. The van der Waals surface area contributed by atoms with Crippen LogP contribution in [0.3, 0.4) is 0 Å². The molecular weight excluding hydrogens is 514 g/mol. The van der Waals surface area contributed by atoms with Gasteiger partial charge in [0.1, 0.15) is 12.4 Å². The molecule has 0 spiro atoms. The molecule has 0 unspecified atom stereocenters. The van der Waals surface area contributed by atoms with Crippen LogP contribution in [0.4, 0.5) is 5.69 Å². The number of nitrogens with one attached hydrogen (secondary N) is 1. The second-order valence-corrected chi connectivity index (χ2v) is 10.1. The van der Waals surface area contributed by atoms with E-state index >= 15 is 0 Å². The Morgan fingerprint density at radius 3 is 2.15 bits per heavy atom. The van der Waals surface area contributed by atoms with Crippen LogP contribution in [-0.4, -0.2) is 21.5 Å². The predicted octanol–water partition coefficient (Wildman–Crippen LogP) is 5.97. The van der Waals surface area contributed by atoms with Gasteiger partial charge in [-0.2, -0.15) is 4.89 Å². The Labute approximate surface area is 228 Å². The average molecular weight is 542 g/mol. The van der Waals surface area contributed by atoms with Crippen LogP contribution in [0.5, 0.6) is 5.75 Å². The molecule has 0 aliphatic heterocycles. The van der Waals surface area contributed by atoms with Gasteiger partial charge in [0.05, 0.1) is 24.1 Å². The summed E-state index contributed by atoms with van der Waals surface area (Å²) in [6.07, 6.45) is 0.394. The molecule has 39 heavy (non-hydrogen) atoms. The van der Waals surface area contributed by atoms with Gasteiger partial charge >= 0.3 is 5.97 Å². The summed E-state index contributed by atoms with van der Waals surface area (Å²) in [7, 11) is -2.27. The van der Waals surface area contributed by atoms with Gasteiger partial charge in [0.2, 0.25) is 0 Å². The van der Waals surface area contributed by atoms with E-state index in [4.69, 9.17) is 14.5 Å². The smallest absolute Gasteiger partial charge is 0.343 e. The van der Waals surface area contributed by atoms with Gasteiger partial charge in [0, 0.05) is 17.5 Å². The number of ether oxygens (including phenoxy) is 1. The lowest BCUT2D eigenvalue weighted by atomic mass is 10.1. The van der Waals surface area contributed by atoms with Gasteiger partial charge in [0.15, 0.2) is 0 Å². The van der Waals surface area contributed by atoms with Crippen LogP contribution in [0.2, 0.25) is 0 Å². The van der Waals surface area contributed by atoms with E-state index in [1.807, 2.05) is 54.6 Å². The van der Waals surface area contributed by atoms with Gasteiger partial charge in [-0.05, 0) is 53.6 Å². The minimum atomic E-state index is -3.87. The van der Waals surface area contributed by atoms with Gasteiger partial charge in [0.25, 0.3) is 10.0 Å². The summed E-state index contributed by atoms with van der Waals surface area (Å²) in [4.78, 5) is 22.0. The molecule has 0 heterocycles. The zero-order chi connectivity index (χ0) is 27.5. The van der Waals surface area contributed by atoms with Crippen molar-refractivity contribution in [2.75, 3.05) is 11.8 Å². The normalized spacial score (nSPS) is 10.7. The van der Waals surface area contributed by atoms with E-state index < -0.39 is 16.0 Å². The Morgan fingerprint density at radius 1 is 0.821 bits per heavy atom. The third kappa shape index (κ3) is 7.95. The summed E-state index contributed by atoms with van der Waals surface area (Å²) in [6, 6.07) is 30.3. The Balaban J connectivity index is 1.32. The lowest BCUT2D eigenvalue weighted by Gasteiger charge is -2.13. The van der Waals surface area contributed by atoms with Crippen molar-refractivity contribution in [3.05, 3.63) is 114 Å². The van der Waals surface area contributed by atoms with Crippen LogP contribution in [0, 0.1) is 11.8 Å². The number of hydrogen-bond acceptors (Lipinski definition) is 6. The maximum atomic E-state index is 13.0. The molecule has 0 bridgehead atoms. The number of anilines is 1. The minimum Gasteiger partial charge on any atom is -0.497 e. The fraction of sp³-hybridized carbons (Fsp3) is 0.129. The molecule has 0 aliphatic carbocycles. The number of carbonyl (C=O) groups is 1. The topological polar surface area (TPSA) is 90.9 Å². The summed E-state index contributed by atoms with van der Waals surface area (Å²) >= 11 is 0. The van der Waals surface area contributed by atoms with E-state index in [1.165, 1.54) is 0 Å². The number of carbonyl (C=O) groups excluding carboxylic acids is 1. The fourth-order valence-corrected chi connectivity index (χ4v) is 4.71. The summed E-state index contributed by atoms with van der Waals surface area (Å²) in [6.45, 7) is -0.128. The SMILES string of the molecule is COc1ccc(-c2ccc(S(=O)(=O)Nc3ccccc3COOC(=O)CCC#Cc3ccccc3)cc2)cc1. The third-order valence-electron chi connectivity index (χ3n) is 5.68. The first-order valence-electron chi connectivity index (χ1n) is 12.2. The first-order chi connectivity index (χ1) is 18.9. The molecule has 0 radical (unpaired) electrons. The minimum absolute atomic E-state index is 0.0701. The molecule has 0 fully saturated rings. The fourth-order valence-electron chi connectivity index (χ4n) is 3.61. The largest absolute Gasteiger partial charge is 0.497 e. The third-order valence-corrected chi connectivity index (χ3v) is 7.06. The van der Waals surface area contributed by atoms with Crippen LogP contribution in [0.25, 0.3) is 11.1 Å². The zero-order valence-electron chi connectivity index (χ0n) is 21.3. The highest BCUT2D eigenvalue weighted by atomic mass is 32.2. The second kappa shape index (κ2) is 13.3. The van der Waals surface area contributed by atoms with Gasteiger partial charge in [-0.25, -0.2) is 13.2 Å². The lowest BCUT2D eigenvalue weighted by molar-refractivity contribution is -0.279. The molecule has 0 amide bonds. The molecule has 4 aromatic rings. The molecule has 4 rings (SSSR count). The van der Waals surface area contributed by atoms with Gasteiger partial charge in [-0.15, -0.1) is 0 Å². The Morgan fingerprint density at radius 2 is 1.46 bits per heavy atom.